The Kier molecular flexibility index (Phi) is 4.09. The third-order valence-corrected chi connectivity index (χ3v) is 5.10. The van der Waals surface area contributed by atoms with Crippen molar-refractivity contribution >= 4 is 35.7 Å². The Hall–Kier alpha value is -1.11. The number of hydrogen-bond donors (Lipinski definition) is 2. The fourth-order valence-electron chi connectivity index (χ4n) is 3.25. The molecule has 0 amide bonds. The third kappa shape index (κ3) is 2.32. The largest absolute Gasteiger partial charge is 0.481 e. The minimum absolute atomic E-state index is 0. The Balaban J connectivity index is 0.00000147. The van der Waals surface area contributed by atoms with E-state index in [9.17, 15) is 9.59 Å². The van der Waals surface area contributed by atoms with Gasteiger partial charge in [-0.15, -0.1) is 23.7 Å². The molecule has 4 atom stereocenters. The molecule has 3 rings (SSSR count). The summed E-state index contributed by atoms with van der Waals surface area (Å²) in [6, 6.07) is 3.77. The molecule has 2 saturated carbocycles. The normalized spacial score (nSPS) is 34.0. The average Bonchev–Trinajstić information content (AvgIpc) is 2.71. The Bertz CT molecular complexity index is 520. The highest BCUT2D eigenvalue weighted by molar-refractivity contribution is 7.09. The fraction of sp³-hybridized carbons (Fsp3) is 0.538. The number of esters is 1. The lowest BCUT2D eigenvalue weighted by Gasteiger charge is -2.24. The van der Waals surface area contributed by atoms with E-state index < -0.39 is 23.4 Å². The zero-order chi connectivity index (χ0) is 13.6. The van der Waals surface area contributed by atoms with Crippen molar-refractivity contribution < 1.29 is 19.4 Å². The van der Waals surface area contributed by atoms with Gasteiger partial charge in [-0.3, -0.25) is 9.59 Å². The van der Waals surface area contributed by atoms with Crippen LogP contribution in [0.4, 0.5) is 0 Å². The smallest absolute Gasteiger partial charge is 0.326 e. The summed E-state index contributed by atoms with van der Waals surface area (Å²) in [5.41, 5.74) is 5.01. The van der Waals surface area contributed by atoms with E-state index in [0.29, 0.717) is 12.8 Å². The first-order chi connectivity index (χ1) is 9.04. The second-order valence-electron chi connectivity index (χ2n) is 5.29. The molecule has 1 aromatic heterocycles. The van der Waals surface area contributed by atoms with Gasteiger partial charge in [0, 0.05) is 10.8 Å². The molecule has 0 bridgehead atoms. The molecule has 0 aromatic carbocycles. The quantitative estimate of drug-likeness (QED) is 0.824. The SMILES string of the molecule is Cl.N[C@@]1(C(=O)OCc2cccs2)CC[C@H]2[C@H](C(=O)O)[C@H]21. The van der Waals surface area contributed by atoms with Crippen molar-refractivity contribution in [2.75, 3.05) is 0 Å². The molecule has 0 unspecified atom stereocenters. The van der Waals surface area contributed by atoms with E-state index in [1.165, 1.54) is 11.3 Å². The Morgan fingerprint density at radius 1 is 1.55 bits per heavy atom. The third-order valence-electron chi connectivity index (χ3n) is 4.25. The molecule has 110 valence electrons. The van der Waals surface area contributed by atoms with Gasteiger partial charge in [0.15, 0.2) is 0 Å². The standard InChI is InChI=1S/C13H15NO4S.ClH/c14-13(4-3-8-9(10(8)13)11(15)16)12(17)18-6-7-2-1-5-19-7;/h1-2,5,8-10H,3-4,6,14H2,(H,15,16);1H/t8-,9-,10-,13-;/m0./s1. The summed E-state index contributed by atoms with van der Waals surface area (Å²) < 4.78 is 5.25. The second kappa shape index (κ2) is 5.35. The first-order valence-electron chi connectivity index (χ1n) is 6.25. The molecule has 2 aliphatic rings. The summed E-state index contributed by atoms with van der Waals surface area (Å²) in [4.78, 5) is 24.1. The number of rotatable bonds is 4. The van der Waals surface area contributed by atoms with E-state index in [1.54, 1.807) is 0 Å². The van der Waals surface area contributed by atoms with Gasteiger partial charge in [0.25, 0.3) is 0 Å². The number of carbonyl (C=O) groups excluding carboxylic acids is 1. The molecule has 1 heterocycles. The number of aliphatic carboxylic acids is 1. The molecule has 0 aliphatic heterocycles. The van der Waals surface area contributed by atoms with Crippen LogP contribution in [0.3, 0.4) is 0 Å². The maximum atomic E-state index is 12.1. The zero-order valence-electron chi connectivity index (χ0n) is 10.7. The van der Waals surface area contributed by atoms with Crippen molar-refractivity contribution in [2.45, 2.75) is 25.0 Å². The van der Waals surface area contributed by atoms with Crippen molar-refractivity contribution in [3.05, 3.63) is 22.4 Å². The monoisotopic (exact) mass is 317 g/mol. The van der Waals surface area contributed by atoms with Crippen LogP contribution in [-0.4, -0.2) is 22.6 Å². The summed E-state index contributed by atoms with van der Waals surface area (Å²) in [6.45, 7) is 0.213. The zero-order valence-corrected chi connectivity index (χ0v) is 12.3. The van der Waals surface area contributed by atoms with Crippen LogP contribution in [0.5, 0.6) is 0 Å². The summed E-state index contributed by atoms with van der Waals surface area (Å²) in [5, 5.41) is 11.0. The molecule has 0 radical (unpaired) electrons. The van der Waals surface area contributed by atoms with Crippen molar-refractivity contribution in [1.29, 1.82) is 0 Å². The molecule has 0 saturated heterocycles. The van der Waals surface area contributed by atoms with E-state index in [1.807, 2.05) is 17.5 Å². The number of fused-ring (bicyclic) bond motifs is 1. The van der Waals surface area contributed by atoms with Gasteiger partial charge in [-0.05, 0) is 30.2 Å². The maximum Gasteiger partial charge on any atom is 0.326 e. The van der Waals surface area contributed by atoms with Gasteiger partial charge in [-0.25, -0.2) is 0 Å². The molecule has 7 heteroatoms. The topological polar surface area (TPSA) is 89.6 Å². The van der Waals surface area contributed by atoms with Crippen LogP contribution in [0.1, 0.15) is 17.7 Å². The average molecular weight is 318 g/mol. The lowest BCUT2D eigenvalue weighted by Crippen LogP contribution is -2.50. The molecule has 2 fully saturated rings. The van der Waals surface area contributed by atoms with Gasteiger partial charge in [0.2, 0.25) is 0 Å². The van der Waals surface area contributed by atoms with E-state index in [4.69, 9.17) is 15.6 Å². The molecule has 3 N–H and O–H groups in total. The lowest BCUT2D eigenvalue weighted by molar-refractivity contribution is -0.152. The summed E-state index contributed by atoms with van der Waals surface area (Å²) in [7, 11) is 0. The first-order valence-corrected chi connectivity index (χ1v) is 7.13. The van der Waals surface area contributed by atoms with Gasteiger partial charge in [0.05, 0.1) is 5.92 Å². The van der Waals surface area contributed by atoms with Crippen molar-refractivity contribution in [1.82, 2.24) is 0 Å². The lowest BCUT2D eigenvalue weighted by atomic mass is 9.91. The van der Waals surface area contributed by atoms with E-state index >= 15 is 0 Å². The Labute approximate surface area is 126 Å². The molecule has 20 heavy (non-hydrogen) atoms. The first kappa shape index (κ1) is 15.3. The highest BCUT2D eigenvalue weighted by Crippen LogP contribution is 2.61. The highest BCUT2D eigenvalue weighted by atomic mass is 35.5. The molecular weight excluding hydrogens is 302 g/mol. The van der Waals surface area contributed by atoms with Gasteiger partial charge in [0.1, 0.15) is 12.1 Å². The van der Waals surface area contributed by atoms with Crippen molar-refractivity contribution in [3.63, 3.8) is 0 Å². The predicted molar refractivity (Wildman–Crippen MR) is 75.6 cm³/mol. The van der Waals surface area contributed by atoms with Crippen molar-refractivity contribution in [2.24, 2.45) is 23.5 Å². The van der Waals surface area contributed by atoms with Crippen LogP contribution >= 0.6 is 23.7 Å². The summed E-state index contributed by atoms with van der Waals surface area (Å²) >= 11 is 1.51. The number of hydrogen-bond acceptors (Lipinski definition) is 5. The highest BCUT2D eigenvalue weighted by Gasteiger charge is 2.70. The minimum atomic E-state index is -1.11. The number of nitrogens with two attached hydrogens (primary N) is 1. The number of halogens is 1. The Morgan fingerprint density at radius 3 is 2.85 bits per heavy atom. The van der Waals surface area contributed by atoms with Crippen LogP contribution in [-0.2, 0) is 20.9 Å². The number of carboxylic acid groups (broad SMARTS) is 1. The fourth-order valence-corrected chi connectivity index (χ4v) is 3.86. The Morgan fingerprint density at radius 2 is 2.30 bits per heavy atom. The predicted octanol–water partition coefficient (Wildman–Crippen LogP) is 1.65. The van der Waals surface area contributed by atoms with Gasteiger partial charge in [-0.1, -0.05) is 6.07 Å². The number of carboxylic acids is 1. The number of carbonyl (C=O) groups is 2. The molecule has 5 nitrogen and oxygen atoms in total. The number of thiophene rings is 1. The van der Waals surface area contributed by atoms with Crippen LogP contribution in [0.25, 0.3) is 0 Å². The van der Waals surface area contributed by atoms with Crippen LogP contribution in [0.15, 0.2) is 17.5 Å². The second-order valence-corrected chi connectivity index (χ2v) is 6.32. The van der Waals surface area contributed by atoms with Crippen molar-refractivity contribution in [3.8, 4) is 0 Å². The van der Waals surface area contributed by atoms with E-state index in [0.717, 1.165) is 4.88 Å². The molecule has 1 aromatic rings. The van der Waals surface area contributed by atoms with Gasteiger partial charge < -0.3 is 15.6 Å². The van der Waals surface area contributed by atoms with E-state index in [2.05, 4.69) is 0 Å². The molecule has 0 spiro atoms. The number of ether oxygens (including phenoxy) is 1. The van der Waals surface area contributed by atoms with E-state index in [-0.39, 0.29) is 30.8 Å². The molecule has 2 aliphatic carbocycles. The maximum absolute atomic E-state index is 12.1. The molecular formula is C13H16ClNO4S. The summed E-state index contributed by atoms with van der Waals surface area (Å²) in [5.74, 6) is -1.97. The van der Waals surface area contributed by atoms with Crippen LogP contribution in [0, 0.1) is 17.8 Å². The summed E-state index contributed by atoms with van der Waals surface area (Å²) in [6.07, 6.45) is 1.22. The van der Waals surface area contributed by atoms with Gasteiger partial charge in [-0.2, -0.15) is 0 Å². The van der Waals surface area contributed by atoms with Crippen LogP contribution in [0.2, 0.25) is 0 Å². The van der Waals surface area contributed by atoms with Gasteiger partial charge >= 0.3 is 11.9 Å². The van der Waals surface area contributed by atoms with Crippen LogP contribution < -0.4 is 5.73 Å². The minimum Gasteiger partial charge on any atom is -0.481 e.